The van der Waals surface area contributed by atoms with Crippen LogP contribution in [0.1, 0.15) is 28.9 Å². The molecule has 1 aliphatic rings. The minimum absolute atomic E-state index is 0.0244. The van der Waals surface area contributed by atoms with Crippen molar-refractivity contribution >= 4 is 17.5 Å². The summed E-state index contributed by atoms with van der Waals surface area (Å²) < 4.78 is 0. The van der Waals surface area contributed by atoms with E-state index in [1.54, 1.807) is 17.0 Å². The first-order chi connectivity index (χ1) is 9.45. The number of piperidine rings is 1. The van der Waals surface area contributed by atoms with E-state index in [0.717, 1.165) is 38.2 Å². The molecule has 2 heterocycles. The monoisotopic (exact) mass is 295 g/mol. The SMILES string of the molecule is Cc1cc(C(=O)N(C)CC2CCN(C)CC2)cc(Cl)n1. The molecular formula is C15H22ClN3O. The van der Waals surface area contributed by atoms with Crippen LogP contribution in [0.15, 0.2) is 12.1 Å². The molecule has 1 amide bonds. The lowest BCUT2D eigenvalue weighted by molar-refractivity contribution is 0.0747. The first-order valence-corrected chi connectivity index (χ1v) is 7.41. The Morgan fingerprint density at radius 2 is 2.10 bits per heavy atom. The minimum Gasteiger partial charge on any atom is -0.341 e. The van der Waals surface area contributed by atoms with Crippen molar-refractivity contribution in [1.82, 2.24) is 14.8 Å². The number of hydrogen-bond acceptors (Lipinski definition) is 3. The summed E-state index contributed by atoms with van der Waals surface area (Å²) in [6.45, 7) is 4.89. The summed E-state index contributed by atoms with van der Waals surface area (Å²) in [5.41, 5.74) is 1.39. The second kappa shape index (κ2) is 6.55. The maximum absolute atomic E-state index is 12.4. The Balaban J connectivity index is 1.98. The molecule has 0 N–H and O–H groups in total. The molecule has 0 spiro atoms. The average molecular weight is 296 g/mol. The molecule has 0 aliphatic carbocycles. The zero-order valence-corrected chi connectivity index (χ0v) is 13.2. The molecule has 0 unspecified atom stereocenters. The Hall–Kier alpha value is -1.13. The zero-order chi connectivity index (χ0) is 14.7. The number of aromatic nitrogens is 1. The van der Waals surface area contributed by atoms with Crippen LogP contribution in [0.4, 0.5) is 0 Å². The van der Waals surface area contributed by atoms with Crippen LogP contribution in [0.3, 0.4) is 0 Å². The lowest BCUT2D eigenvalue weighted by Crippen LogP contribution is -2.38. The normalized spacial score (nSPS) is 17.2. The van der Waals surface area contributed by atoms with Gasteiger partial charge in [0.05, 0.1) is 0 Å². The first-order valence-electron chi connectivity index (χ1n) is 7.04. The number of halogens is 1. The van der Waals surface area contributed by atoms with Crippen LogP contribution in [0.2, 0.25) is 5.15 Å². The summed E-state index contributed by atoms with van der Waals surface area (Å²) >= 11 is 5.92. The van der Waals surface area contributed by atoms with Gasteiger partial charge in [-0.25, -0.2) is 4.98 Å². The maximum atomic E-state index is 12.4. The number of hydrogen-bond donors (Lipinski definition) is 0. The van der Waals surface area contributed by atoms with E-state index in [1.165, 1.54) is 0 Å². The number of likely N-dealkylation sites (tertiary alicyclic amines) is 1. The van der Waals surface area contributed by atoms with Crippen LogP contribution in [-0.2, 0) is 0 Å². The fourth-order valence-electron chi connectivity index (χ4n) is 2.69. The van der Waals surface area contributed by atoms with Gasteiger partial charge in [0.1, 0.15) is 5.15 Å². The number of pyridine rings is 1. The van der Waals surface area contributed by atoms with Crippen LogP contribution in [0.25, 0.3) is 0 Å². The lowest BCUT2D eigenvalue weighted by Gasteiger charge is -2.31. The number of carbonyl (C=O) groups excluding carboxylic acids is 1. The molecule has 0 radical (unpaired) electrons. The van der Waals surface area contributed by atoms with Gasteiger partial charge in [0.15, 0.2) is 0 Å². The van der Waals surface area contributed by atoms with Crippen LogP contribution < -0.4 is 0 Å². The van der Waals surface area contributed by atoms with Crippen LogP contribution >= 0.6 is 11.6 Å². The third kappa shape index (κ3) is 3.93. The third-order valence-corrected chi connectivity index (χ3v) is 4.08. The van der Waals surface area contributed by atoms with E-state index in [-0.39, 0.29) is 5.91 Å². The lowest BCUT2D eigenvalue weighted by atomic mass is 9.96. The summed E-state index contributed by atoms with van der Waals surface area (Å²) in [5.74, 6) is 0.620. The molecule has 1 aromatic rings. The molecular weight excluding hydrogens is 274 g/mol. The van der Waals surface area contributed by atoms with Crippen molar-refractivity contribution in [2.24, 2.45) is 5.92 Å². The molecule has 2 rings (SSSR count). The molecule has 0 aromatic carbocycles. The van der Waals surface area contributed by atoms with Crippen molar-refractivity contribution in [3.8, 4) is 0 Å². The Kier molecular flexibility index (Phi) is 5.00. The maximum Gasteiger partial charge on any atom is 0.253 e. The Morgan fingerprint density at radius 1 is 1.45 bits per heavy atom. The predicted molar refractivity (Wildman–Crippen MR) is 81.2 cm³/mol. The van der Waals surface area contributed by atoms with E-state index in [2.05, 4.69) is 16.9 Å². The Labute approximate surface area is 125 Å². The standard InChI is InChI=1S/C15H22ClN3O/c1-11-8-13(9-14(16)17-11)15(20)19(3)10-12-4-6-18(2)7-5-12/h8-9,12H,4-7,10H2,1-3H3. The minimum atomic E-state index is 0.0244. The van der Waals surface area contributed by atoms with Gasteiger partial charge in [-0.3, -0.25) is 4.79 Å². The smallest absolute Gasteiger partial charge is 0.253 e. The van der Waals surface area contributed by atoms with E-state index in [1.807, 2.05) is 14.0 Å². The fraction of sp³-hybridized carbons (Fsp3) is 0.600. The second-order valence-corrected chi connectivity index (χ2v) is 6.14. The van der Waals surface area contributed by atoms with Crippen molar-refractivity contribution < 1.29 is 4.79 Å². The van der Waals surface area contributed by atoms with Gasteiger partial charge in [-0.05, 0) is 58.0 Å². The van der Waals surface area contributed by atoms with E-state index in [4.69, 9.17) is 11.6 Å². The van der Waals surface area contributed by atoms with Crippen molar-refractivity contribution in [2.45, 2.75) is 19.8 Å². The number of amides is 1. The highest BCUT2D eigenvalue weighted by atomic mass is 35.5. The van der Waals surface area contributed by atoms with Gasteiger partial charge in [0.25, 0.3) is 5.91 Å². The number of rotatable bonds is 3. The number of carbonyl (C=O) groups is 1. The van der Waals surface area contributed by atoms with Gasteiger partial charge >= 0.3 is 0 Å². The van der Waals surface area contributed by atoms with E-state index < -0.39 is 0 Å². The fourth-order valence-corrected chi connectivity index (χ4v) is 2.94. The highest BCUT2D eigenvalue weighted by Gasteiger charge is 2.21. The van der Waals surface area contributed by atoms with E-state index in [0.29, 0.717) is 16.6 Å². The first kappa shape index (κ1) is 15.3. The molecule has 1 saturated heterocycles. The number of aryl methyl sites for hydroxylation is 1. The summed E-state index contributed by atoms with van der Waals surface area (Å²) in [5, 5.41) is 0.376. The van der Waals surface area contributed by atoms with Crippen LogP contribution in [0.5, 0.6) is 0 Å². The van der Waals surface area contributed by atoms with Crippen molar-refractivity contribution in [1.29, 1.82) is 0 Å². The van der Waals surface area contributed by atoms with Crippen LogP contribution in [-0.4, -0.2) is 54.4 Å². The second-order valence-electron chi connectivity index (χ2n) is 5.75. The molecule has 1 aromatic heterocycles. The van der Waals surface area contributed by atoms with E-state index in [9.17, 15) is 4.79 Å². The van der Waals surface area contributed by atoms with E-state index >= 15 is 0 Å². The summed E-state index contributed by atoms with van der Waals surface area (Å²) in [7, 11) is 4.01. The number of nitrogens with zero attached hydrogens (tertiary/aromatic N) is 3. The molecule has 1 aliphatic heterocycles. The summed E-state index contributed by atoms with van der Waals surface area (Å²) in [6.07, 6.45) is 2.31. The molecule has 0 atom stereocenters. The van der Waals surface area contributed by atoms with Gasteiger partial charge in [0.2, 0.25) is 0 Å². The van der Waals surface area contributed by atoms with Crippen molar-refractivity contribution in [2.75, 3.05) is 33.7 Å². The Bertz CT molecular complexity index is 464. The van der Waals surface area contributed by atoms with Crippen molar-refractivity contribution in [3.05, 3.63) is 28.5 Å². The molecule has 20 heavy (non-hydrogen) atoms. The molecule has 110 valence electrons. The highest BCUT2D eigenvalue weighted by Crippen LogP contribution is 2.18. The van der Waals surface area contributed by atoms with Gasteiger partial charge in [-0.2, -0.15) is 0 Å². The van der Waals surface area contributed by atoms with Crippen molar-refractivity contribution in [3.63, 3.8) is 0 Å². The molecule has 0 bridgehead atoms. The zero-order valence-electron chi connectivity index (χ0n) is 12.4. The van der Waals surface area contributed by atoms with Gasteiger partial charge in [0, 0.05) is 24.8 Å². The topological polar surface area (TPSA) is 36.4 Å². The summed E-state index contributed by atoms with van der Waals surface area (Å²) in [4.78, 5) is 20.6. The molecule has 1 fully saturated rings. The molecule has 0 saturated carbocycles. The molecule has 4 nitrogen and oxygen atoms in total. The van der Waals surface area contributed by atoms with Gasteiger partial charge in [-0.1, -0.05) is 11.6 Å². The predicted octanol–water partition coefficient (Wildman–Crippen LogP) is 2.46. The van der Waals surface area contributed by atoms with Crippen LogP contribution in [0, 0.1) is 12.8 Å². The summed E-state index contributed by atoms with van der Waals surface area (Å²) in [6, 6.07) is 3.43. The molecule has 5 heteroatoms. The highest BCUT2D eigenvalue weighted by molar-refractivity contribution is 6.29. The Morgan fingerprint density at radius 3 is 2.70 bits per heavy atom. The third-order valence-electron chi connectivity index (χ3n) is 3.89. The largest absolute Gasteiger partial charge is 0.341 e. The quantitative estimate of drug-likeness (QED) is 0.804. The average Bonchev–Trinajstić information content (AvgIpc) is 2.39. The van der Waals surface area contributed by atoms with Gasteiger partial charge < -0.3 is 9.80 Å². The van der Waals surface area contributed by atoms with Gasteiger partial charge in [-0.15, -0.1) is 0 Å².